The van der Waals surface area contributed by atoms with Crippen LogP contribution in [0.2, 0.25) is 0 Å². The molecular weight excluding hydrogens is 851 g/mol. The molecule has 4 N–H and O–H groups in total. The lowest BCUT2D eigenvalue weighted by molar-refractivity contribution is -0.138. The largest absolute Gasteiger partial charge is 0.417 e. The summed E-state index contributed by atoms with van der Waals surface area (Å²) in [4.78, 5) is 96.1. The van der Waals surface area contributed by atoms with Crippen molar-refractivity contribution in [3.05, 3.63) is 111 Å². The first-order valence-electron chi connectivity index (χ1n) is 21.6. The molecule has 3 aromatic carbocycles. The van der Waals surface area contributed by atoms with Gasteiger partial charge in [-0.1, -0.05) is 43.5 Å². The summed E-state index contributed by atoms with van der Waals surface area (Å²) in [5.41, 5.74) is -1.08. The fourth-order valence-electron chi connectivity index (χ4n) is 8.66. The van der Waals surface area contributed by atoms with E-state index in [4.69, 9.17) is 0 Å². The van der Waals surface area contributed by atoms with Crippen molar-refractivity contribution in [1.82, 2.24) is 20.1 Å². The van der Waals surface area contributed by atoms with E-state index < -0.39 is 64.3 Å². The van der Waals surface area contributed by atoms with E-state index in [2.05, 4.69) is 25.8 Å². The minimum Gasteiger partial charge on any atom is -0.384 e. The number of nitrogens with one attached hydrogen (secondary N) is 4. The average molecular weight is 900 g/mol. The molecular formula is C47H49F4N7O7. The molecule has 2 saturated heterocycles. The number of halogens is 4. The quantitative estimate of drug-likeness (QED) is 0.0419. The van der Waals surface area contributed by atoms with Crippen LogP contribution >= 0.6 is 0 Å². The van der Waals surface area contributed by atoms with Gasteiger partial charge in [0.1, 0.15) is 11.9 Å². The first-order valence-corrected chi connectivity index (χ1v) is 21.6. The summed E-state index contributed by atoms with van der Waals surface area (Å²) in [5.74, 6) is -4.35. The molecule has 1 aromatic heterocycles. The van der Waals surface area contributed by atoms with Gasteiger partial charge in [0.15, 0.2) is 5.78 Å². The van der Waals surface area contributed by atoms with Crippen LogP contribution in [0.1, 0.15) is 112 Å². The first-order chi connectivity index (χ1) is 30.9. The fraction of sp³-hybridized carbons (Fsp3) is 0.383. The number of hydrogen-bond donors (Lipinski definition) is 4. The Hall–Kier alpha value is -6.69. The Morgan fingerprint density at radius 1 is 0.831 bits per heavy atom. The number of aromatic amines is 1. The zero-order valence-corrected chi connectivity index (χ0v) is 36.1. The van der Waals surface area contributed by atoms with Gasteiger partial charge in [-0.05, 0) is 76.1 Å². The zero-order valence-electron chi connectivity index (χ0n) is 36.1. The smallest absolute Gasteiger partial charge is 0.384 e. The molecule has 14 nitrogen and oxygen atoms in total. The van der Waals surface area contributed by atoms with Crippen LogP contribution in [0.3, 0.4) is 0 Å². The third-order valence-corrected chi connectivity index (χ3v) is 12.4. The third-order valence-electron chi connectivity index (χ3n) is 12.4. The van der Waals surface area contributed by atoms with E-state index in [-0.39, 0.29) is 65.1 Å². The van der Waals surface area contributed by atoms with Crippen LogP contribution in [0.5, 0.6) is 0 Å². The minimum absolute atomic E-state index is 0.0289. The van der Waals surface area contributed by atoms with Crippen LogP contribution in [0.25, 0.3) is 11.1 Å². The minimum atomic E-state index is -4.98. The Balaban J connectivity index is 0.942. The summed E-state index contributed by atoms with van der Waals surface area (Å²) < 4.78 is 57.5. The Morgan fingerprint density at radius 3 is 2.26 bits per heavy atom. The number of amides is 5. The van der Waals surface area contributed by atoms with Crippen LogP contribution in [0.4, 0.5) is 34.6 Å². The van der Waals surface area contributed by atoms with Crippen molar-refractivity contribution in [3.63, 3.8) is 0 Å². The molecule has 1 unspecified atom stereocenters. The lowest BCUT2D eigenvalue weighted by atomic mass is 9.98. The molecule has 0 spiro atoms. The monoisotopic (exact) mass is 899 g/mol. The van der Waals surface area contributed by atoms with Crippen LogP contribution < -0.4 is 26.4 Å². The maximum absolute atomic E-state index is 15.8. The molecule has 0 saturated carbocycles. The second-order valence-corrected chi connectivity index (χ2v) is 16.8. The number of fused-ring (bicyclic) bond motifs is 1. The topological polar surface area (TPSA) is 181 Å². The Labute approximate surface area is 371 Å². The number of rotatable bonds is 15. The number of hydrogen-bond acceptors (Lipinski definition) is 10. The highest BCUT2D eigenvalue weighted by atomic mass is 19.4. The van der Waals surface area contributed by atoms with E-state index in [1.165, 1.54) is 24.3 Å². The number of likely N-dealkylation sites (N-methyl/N-ethyl adjacent to an activating group) is 1. The summed E-state index contributed by atoms with van der Waals surface area (Å²) in [6, 6.07) is 13.3. The standard InChI is InChI=1S/C47H49F4N7O7/c1-26-24-57(25-27(2)56(26)3)37-16-14-28(21-36(37)54-43(62)32-23-53-41(61)22-33(32)47(49,50)51)30-15-13-29(20-34(30)48)39(59)12-7-5-4-6-8-19-52-35-11-9-10-31-42(35)46(65)58(45(31)64)38-17-18-40(60)55-44(38)63/h9-11,13-16,20-23,26-27,38,52H,4-8,12,17-19,24-25H2,1-3H3,(H,53,61)(H,54,62)(H,55,60,63)/t26-,27+,38?. The van der Waals surface area contributed by atoms with Crippen LogP contribution in [0.15, 0.2) is 71.7 Å². The molecule has 0 bridgehead atoms. The molecule has 2 fully saturated rings. The summed E-state index contributed by atoms with van der Waals surface area (Å²) in [7, 11) is 1.99. The van der Waals surface area contributed by atoms with Gasteiger partial charge in [-0.25, -0.2) is 4.39 Å². The predicted octanol–water partition coefficient (Wildman–Crippen LogP) is 7.02. The van der Waals surface area contributed by atoms with Gasteiger partial charge in [-0.2, -0.15) is 13.2 Å². The van der Waals surface area contributed by atoms with Gasteiger partial charge in [-0.15, -0.1) is 0 Å². The van der Waals surface area contributed by atoms with Crippen LogP contribution in [-0.4, -0.2) is 94.9 Å². The molecule has 4 heterocycles. The molecule has 0 aliphatic carbocycles. The van der Waals surface area contributed by atoms with E-state index in [0.29, 0.717) is 55.3 Å². The molecule has 3 aliphatic heterocycles. The number of Topliss-reactive ketones (excluding diaryl/α,β-unsaturated/α-hetero) is 1. The molecule has 5 amide bonds. The zero-order chi connectivity index (χ0) is 46.7. The van der Waals surface area contributed by atoms with Crippen molar-refractivity contribution < 1.29 is 46.3 Å². The second-order valence-electron chi connectivity index (χ2n) is 16.8. The van der Waals surface area contributed by atoms with Gasteiger partial charge in [-0.3, -0.25) is 48.7 Å². The summed E-state index contributed by atoms with van der Waals surface area (Å²) in [6.07, 6.45) is -0.361. The van der Waals surface area contributed by atoms with Crippen molar-refractivity contribution >= 4 is 52.4 Å². The Kier molecular flexibility index (Phi) is 13.7. The number of pyridine rings is 1. The van der Waals surface area contributed by atoms with Crippen molar-refractivity contribution in [2.75, 3.05) is 42.2 Å². The number of ketones is 1. The van der Waals surface area contributed by atoms with Gasteiger partial charge in [0.2, 0.25) is 17.4 Å². The number of piperidine rings is 1. The summed E-state index contributed by atoms with van der Waals surface area (Å²) >= 11 is 0. The summed E-state index contributed by atoms with van der Waals surface area (Å²) in [5, 5.41) is 8.01. The number of alkyl halides is 3. The van der Waals surface area contributed by atoms with Gasteiger partial charge in [0.25, 0.3) is 17.7 Å². The van der Waals surface area contributed by atoms with Crippen molar-refractivity contribution in [3.8, 4) is 11.1 Å². The van der Waals surface area contributed by atoms with Crippen LogP contribution in [0, 0.1) is 5.82 Å². The molecule has 4 aromatic rings. The second kappa shape index (κ2) is 19.2. The molecule has 18 heteroatoms. The summed E-state index contributed by atoms with van der Waals surface area (Å²) in [6.45, 7) is 5.63. The number of H-pyrrole nitrogens is 1. The van der Waals surface area contributed by atoms with E-state index in [9.17, 15) is 46.7 Å². The average Bonchev–Trinajstić information content (AvgIpc) is 3.51. The first kappa shape index (κ1) is 46.3. The van der Waals surface area contributed by atoms with Crippen LogP contribution in [-0.2, 0) is 15.8 Å². The highest BCUT2D eigenvalue weighted by molar-refractivity contribution is 6.25. The number of carbonyl (C=O) groups is 6. The number of anilines is 3. The van der Waals surface area contributed by atoms with E-state index in [1.807, 2.05) is 25.8 Å². The Bertz CT molecular complexity index is 2600. The maximum Gasteiger partial charge on any atom is 0.417 e. The number of benzene rings is 3. The molecule has 0 radical (unpaired) electrons. The van der Waals surface area contributed by atoms with Crippen molar-refractivity contribution in [1.29, 1.82) is 0 Å². The third kappa shape index (κ3) is 10.0. The number of nitrogens with zero attached hydrogens (tertiary/aromatic N) is 3. The van der Waals surface area contributed by atoms with E-state index in [0.717, 1.165) is 36.6 Å². The SMILES string of the molecule is C[C@@H]1CN(c2ccc(-c3ccc(C(=O)CCCCCCCNc4cccc5c4C(=O)N(C4CCC(=O)NC4=O)C5=O)cc3F)cc2NC(=O)c2c[nH]c(=O)cc2C(F)(F)F)C[C@H](C)N1C. The number of aromatic nitrogens is 1. The maximum atomic E-state index is 15.8. The molecule has 7 rings (SSSR count). The highest BCUT2D eigenvalue weighted by Crippen LogP contribution is 2.37. The predicted molar refractivity (Wildman–Crippen MR) is 234 cm³/mol. The van der Waals surface area contributed by atoms with Gasteiger partial charge in [0, 0.05) is 73.6 Å². The van der Waals surface area contributed by atoms with E-state index >= 15 is 4.39 Å². The Morgan fingerprint density at radius 2 is 1.55 bits per heavy atom. The number of unbranched alkanes of at least 4 members (excludes halogenated alkanes) is 4. The molecule has 3 aliphatic rings. The molecule has 342 valence electrons. The molecule has 3 atom stereocenters. The van der Waals surface area contributed by atoms with E-state index in [1.54, 1.807) is 24.3 Å². The fourth-order valence-corrected chi connectivity index (χ4v) is 8.66. The van der Waals surface area contributed by atoms with Gasteiger partial charge < -0.3 is 20.5 Å². The number of carbonyl (C=O) groups excluding carboxylic acids is 6. The lowest BCUT2D eigenvalue weighted by Crippen LogP contribution is -2.55. The normalized spacial score (nSPS) is 19.0. The van der Waals surface area contributed by atoms with Crippen molar-refractivity contribution in [2.45, 2.75) is 89.5 Å². The van der Waals surface area contributed by atoms with Gasteiger partial charge in [0.05, 0.1) is 33.6 Å². The number of piperazine rings is 1. The van der Waals surface area contributed by atoms with Gasteiger partial charge >= 0.3 is 6.18 Å². The highest BCUT2D eigenvalue weighted by Gasteiger charge is 2.45. The lowest BCUT2D eigenvalue weighted by Gasteiger charge is -2.44. The van der Waals surface area contributed by atoms with Crippen molar-refractivity contribution in [2.24, 2.45) is 0 Å². The molecule has 65 heavy (non-hydrogen) atoms. The number of imide groups is 2.